The number of hydrogen-bond donors (Lipinski definition) is 1. The van der Waals surface area contributed by atoms with E-state index in [2.05, 4.69) is 11.1 Å². The molecule has 0 atom stereocenters. The Morgan fingerprint density at radius 2 is 2.31 bits per heavy atom. The molecule has 0 amide bonds. The van der Waals surface area contributed by atoms with Crippen LogP contribution in [0.3, 0.4) is 0 Å². The fourth-order valence-electron chi connectivity index (χ4n) is 1.39. The van der Waals surface area contributed by atoms with Crippen LogP contribution in [0.2, 0.25) is 0 Å². The summed E-state index contributed by atoms with van der Waals surface area (Å²) in [5, 5.41) is 9.43. The largest absolute Gasteiger partial charge is 0.361 e. The number of hydrogen-bond acceptors (Lipinski definition) is 1. The molecule has 0 aliphatic rings. The van der Waals surface area contributed by atoms with Crippen LogP contribution in [-0.2, 0) is 6.42 Å². The number of nitrogens with zero attached hydrogens (tertiary/aromatic N) is 1. The van der Waals surface area contributed by atoms with Crippen molar-refractivity contribution in [3.63, 3.8) is 0 Å². The average molecular weight is 174 g/mol. The van der Waals surface area contributed by atoms with E-state index in [0.717, 1.165) is 16.5 Å². The zero-order valence-corrected chi connectivity index (χ0v) is 6.84. The second kappa shape index (κ2) is 2.91. The van der Waals surface area contributed by atoms with Gasteiger partial charge in [0.2, 0.25) is 0 Å². The van der Waals surface area contributed by atoms with Gasteiger partial charge in [-0.2, -0.15) is 5.26 Å². The molecule has 0 spiro atoms. The third kappa shape index (κ3) is 1.27. The first-order valence-electron chi connectivity index (χ1n) is 3.94. The van der Waals surface area contributed by atoms with Crippen molar-refractivity contribution in [3.8, 4) is 6.07 Å². The summed E-state index contributed by atoms with van der Waals surface area (Å²) < 4.78 is 12.7. The van der Waals surface area contributed by atoms with Crippen molar-refractivity contribution in [3.05, 3.63) is 35.8 Å². The third-order valence-corrected chi connectivity index (χ3v) is 2.00. The van der Waals surface area contributed by atoms with Gasteiger partial charge in [-0.25, -0.2) is 4.39 Å². The van der Waals surface area contributed by atoms with E-state index in [9.17, 15) is 4.39 Å². The summed E-state index contributed by atoms with van der Waals surface area (Å²) >= 11 is 0. The van der Waals surface area contributed by atoms with Gasteiger partial charge in [0.25, 0.3) is 0 Å². The van der Waals surface area contributed by atoms with Crippen LogP contribution in [0.5, 0.6) is 0 Å². The van der Waals surface area contributed by atoms with E-state index in [0.29, 0.717) is 6.42 Å². The SMILES string of the molecule is N#CCc1c[nH]c2cc(F)ccc12. The molecular weight excluding hydrogens is 167 g/mol. The topological polar surface area (TPSA) is 39.6 Å². The summed E-state index contributed by atoms with van der Waals surface area (Å²) in [7, 11) is 0. The van der Waals surface area contributed by atoms with Gasteiger partial charge in [0, 0.05) is 17.1 Å². The number of halogens is 1. The Morgan fingerprint density at radius 3 is 3.08 bits per heavy atom. The zero-order chi connectivity index (χ0) is 9.26. The van der Waals surface area contributed by atoms with Crippen LogP contribution in [0.4, 0.5) is 4.39 Å². The van der Waals surface area contributed by atoms with E-state index in [1.165, 1.54) is 12.1 Å². The molecule has 1 aromatic heterocycles. The fourth-order valence-corrected chi connectivity index (χ4v) is 1.39. The van der Waals surface area contributed by atoms with Gasteiger partial charge in [-0.15, -0.1) is 0 Å². The molecule has 0 unspecified atom stereocenters. The van der Waals surface area contributed by atoms with Crippen molar-refractivity contribution in [1.82, 2.24) is 4.98 Å². The highest BCUT2D eigenvalue weighted by Gasteiger charge is 2.03. The molecule has 0 bridgehead atoms. The number of rotatable bonds is 1. The highest BCUT2D eigenvalue weighted by Crippen LogP contribution is 2.19. The Kier molecular flexibility index (Phi) is 1.75. The molecule has 0 saturated heterocycles. The molecule has 2 rings (SSSR count). The summed E-state index contributed by atoms with van der Waals surface area (Å²) in [6.45, 7) is 0. The number of H-pyrrole nitrogens is 1. The molecule has 13 heavy (non-hydrogen) atoms. The minimum atomic E-state index is -0.266. The van der Waals surface area contributed by atoms with E-state index < -0.39 is 0 Å². The second-order valence-corrected chi connectivity index (χ2v) is 2.84. The predicted octanol–water partition coefficient (Wildman–Crippen LogP) is 2.37. The van der Waals surface area contributed by atoms with Crippen LogP contribution in [0.1, 0.15) is 5.56 Å². The minimum absolute atomic E-state index is 0.266. The first-order chi connectivity index (χ1) is 6.31. The summed E-state index contributed by atoms with van der Waals surface area (Å²) in [5.41, 5.74) is 1.66. The molecule has 2 aromatic rings. The molecule has 0 fully saturated rings. The van der Waals surface area contributed by atoms with Crippen LogP contribution < -0.4 is 0 Å². The van der Waals surface area contributed by atoms with Crippen LogP contribution >= 0.6 is 0 Å². The van der Waals surface area contributed by atoms with Crippen LogP contribution in [-0.4, -0.2) is 4.98 Å². The van der Waals surface area contributed by atoms with Gasteiger partial charge >= 0.3 is 0 Å². The highest BCUT2D eigenvalue weighted by molar-refractivity contribution is 5.83. The summed E-state index contributed by atoms with van der Waals surface area (Å²) in [6, 6.07) is 6.58. The maximum atomic E-state index is 12.7. The molecule has 3 heteroatoms. The lowest BCUT2D eigenvalue weighted by atomic mass is 10.1. The quantitative estimate of drug-likeness (QED) is 0.708. The van der Waals surface area contributed by atoms with Gasteiger partial charge in [-0.3, -0.25) is 0 Å². The lowest BCUT2D eigenvalue weighted by molar-refractivity contribution is 0.629. The van der Waals surface area contributed by atoms with Crippen molar-refractivity contribution in [2.75, 3.05) is 0 Å². The predicted molar refractivity (Wildman–Crippen MR) is 47.6 cm³/mol. The van der Waals surface area contributed by atoms with Crippen molar-refractivity contribution < 1.29 is 4.39 Å². The lowest BCUT2D eigenvalue weighted by Gasteiger charge is -1.91. The fraction of sp³-hybridized carbons (Fsp3) is 0.100. The number of aromatic amines is 1. The normalized spacial score (nSPS) is 10.2. The number of nitrogens with one attached hydrogen (secondary N) is 1. The van der Waals surface area contributed by atoms with Crippen LogP contribution in [0, 0.1) is 17.1 Å². The molecule has 1 N–H and O–H groups in total. The van der Waals surface area contributed by atoms with E-state index in [1.54, 1.807) is 12.3 Å². The van der Waals surface area contributed by atoms with Crippen molar-refractivity contribution in [2.45, 2.75) is 6.42 Å². The van der Waals surface area contributed by atoms with E-state index in [4.69, 9.17) is 5.26 Å². The van der Waals surface area contributed by atoms with Gasteiger partial charge < -0.3 is 4.98 Å². The standard InChI is InChI=1S/C10H7FN2/c11-8-1-2-9-7(3-4-12)6-13-10(9)5-8/h1-2,5-6,13H,3H2. The van der Waals surface area contributed by atoms with Gasteiger partial charge in [-0.05, 0) is 23.8 Å². The number of fused-ring (bicyclic) bond motifs is 1. The van der Waals surface area contributed by atoms with E-state index >= 15 is 0 Å². The first kappa shape index (κ1) is 7.81. The number of aromatic nitrogens is 1. The van der Waals surface area contributed by atoms with Crippen molar-refractivity contribution in [2.24, 2.45) is 0 Å². The summed E-state index contributed by atoms with van der Waals surface area (Å²) in [6.07, 6.45) is 2.10. The van der Waals surface area contributed by atoms with Crippen LogP contribution in [0.25, 0.3) is 10.9 Å². The Morgan fingerprint density at radius 1 is 1.46 bits per heavy atom. The second-order valence-electron chi connectivity index (χ2n) is 2.84. The van der Waals surface area contributed by atoms with Crippen LogP contribution in [0.15, 0.2) is 24.4 Å². The molecule has 1 aromatic carbocycles. The van der Waals surface area contributed by atoms with E-state index in [-0.39, 0.29) is 5.82 Å². The molecule has 1 heterocycles. The first-order valence-corrected chi connectivity index (χ1v) is 3.94. The molecule has 0 saturated carbocycles. The van der Waals surface area contributed by atoms with Gasteiger partial charge in [0.05, 0.1) is 12.5 Å². The van der Waals surface area contributed by atoms with Gasteiger partial charge in [-0.1, -0.05) is 0 Å². The Bertz CT molecular complexity index is 479. The monoisotopic (exact) mass is 174 g/mol. The maximum absolute atomic E-state index is 12.7. The molecule has 0 aliphatic heterocycles. The lowest BCUT2D eigenvalue weighted by Crippen LogP contribution is -1.77. The minimum Gasteiger partial charge on any atom is -0.361 e. The smallest absolute Gasteiger partial charge is 0.125 e. The number of nitriles is 1. The van der Waals surface area contributed by atoms with Crippen molar-refractivity contribution >= 4 is 10.9 Å². The van der Waals surface area contributed by atoms with Gasteiger partial charge in [0.1, 0.15) is 5.82 Å². The Balaban J connectivity index is 2.63. The summed E-state index contributed by atoms with van der Waals surface area (Å²) in [5.74, 6) is -0.266. The highest BCUT2D eigenvalue weighted by atomic mass is 19.1. The molecule has 0 aliphatic carbocycles. The number of benzene rings is 1. The van der Waals surface area contributed by atoms with Crippen molar-refractivity contribution in [1.29, 1.82) is 5.26 Å². The zero-order valence-electron chi connectivity index (χ0n) is 6.84. The maximum Gasteiger partial charge on any atom is 0.125 e. The van der Waals surface area contributed by atoms with E-state index in [1.807, 2.05) is 0 Å². The molecular formula is C10H7FN2. The molecule has 0 radical (unpaired) electrons. The van der Waals surface area contributed by atoms with Gasteiger partial charge in [0.15, 0.2) is 0 Å². The summed E-state index contributed by atoms with van der Waals surface area (Å²) in [4.78, 5) is 2.92. The average Bonchev–Trinajstić information content (AvgIpc) is 2.49. The Hall–Kier alpha value is -1.82. The molecule has 2 nitrogen and oxygen atoms in total. The third-order valence-electron chi connectivity index (χ3n) is 2.00. The molecule has 64 valence electrons. The Labute approximate surface area is 74.6 Å².